The van der Waals surface area contributed by atoms with Gasteiger partial charge in [-0.25, -0.2) is 0 Å². The predicted molar refractivity (Wildman–Crippen MR) is 136 cm³/mol. The summed E-state index contributed by atoms with van der Waals surface area (Å²) in [5, 5.41) is 11.1. The smallest absolute Gasteiger partial charge is 0.290 e. The maximum Gasteiger partial charge on any atom is 0.290 e. The average molecular weight is 474 g/mol. The molecule has 1 aliphatic heterocycles. The third kappa shape index (κ3) is 4.69. The molecule has 1 atom stereocenters. The molecule has 0 saturated carbocycles. The van der Waals surface area contributed by atoms with Crippen LogP contribution >= 0.6 is 0 Å². The Morgan fingerprint density at radius 1 is 0.857 bits per heavy atom. The normalized spacial score (nSPS) is 15.7. The lowest BCUT2D eigenvalue weighted by Crippen LogP contribution is -2.30. The van der Waals surface area contributed by atoms with Crippen LogP contribution in [0, 0.1) is 0 Å². The molecule has 182 valence electrons. The summed E-state index contributed by atoms with van der Waals surface area (Å²) in [6.45, 7) is 4.54. The molecule has 0 bridgehead atoms. The second-order valence-electron chi connectivity index (χ2n) is 8.83. The lowest BCUT2D eigenvalue weighted by atomic mass is 9.91. The number of hydrogen-bond acceptors (Lipinski definition) is 5. The van der Waals surface area contributed by atoms with E-state index in [2.05, 4.69) is 26.0 Å². The van der Waals surface area contributed by atoms with Crippen LogP contribution in [-0.2, 0) is 11.3 Å². The Labute approximate surface area is 206 Å². The van der Waals surface area contributed by atoms with E-state index in [0.29, 0.717) is 28.7 Å². The van der Waals surface area contributed by atoms with Crippen molar-refractivity contribution in [1.29, 1.82) is 0 Å². The van der Waals surface area contributed by atoms with Gasteiger partial charge in [0, 0.05) is 17.2 Å². The molecule has 6 nitrogen and oxygen atoms in total. The van der Waals surface area contributed by atoms with Crippen molar-refractivity contribution in [1.82, 2.24) is 4.90 Å². The van der Waals surface area contributed by atoms with Gasteiger partial charge in [0.2, 0.25) is 0 Å². The first-order chi connectivity index (χ1) is 16.9. The fourth-order valence-electron chi connectivity index (χ4n) is 4.46. The fourth-order valence-corrected chi connectivity index (χ4v) is 4.46. The van der Waals surface area contributed by atoms with Crippen molar-refractivity contribution in [2.45, 2.75) is 32.4 Å². The first-order valence-corrected chi connectivity index (χ1v) is 11.6. The Morgan fingerprint density at radius 2 is 1.49 bits per heavy atom. The Balaban J connectivity index is 1.80. The molecule has 3 aromatic rings. The number of carbonyl (C=O) groups is 1. The van der Waals surface area contributed by atoms with Gasteiger partial charge in [-0.1, -0.05) is 50.2 Å². The molecule has 0 fully saturated rings. The van der Waals surface area contributed by atoms with Crippen molar-refractivity contribution in [3.8, 4) is 17.2 Å². The summed E-state index contributed by atoms with van der Waals surface area (Å²) >= 11 is 0. The molecule has 35 heavy (non-hydrogen) atoms. The molecule has 3 aromatic carbocycles. The summed E-state index contributed by atoms with van der Waals surface area (Å²) in [5.74, 6) is 1.70. The van der Waals surface area contributed by atoms with Gasteiger partial charge in [-0.05, 0) is 46.9 Å². The number of rotatable bonds is 8. The highest BCUT2D eigenvalue weighted by Crippen LogP contribution is 2.45. The van der Waals surface area contributed by atoms with Crippen molar-refractivity contribution < 1.29 is 24.1 Å². The van der Waals surface area contributed by atoms with Crippen LogP contribution in [0.5, 0.6) is 17.2 Å². The van der Waals surface area contributed by atoms with E-state index in [4.69, 9.17) is 14.2 Å². The Hall–Kier alpha value is -3.93. The molecule has 0 aliphatic carbocycles. The number of aliphatic hydroxyl groups is 1. The number of carbonyl (C=O) groups excluding carboxylic acids is 1. The van der Waals surface area contributed by atoms with Gasteiger partial charge in [0.25, 0.3) is 5.91 Å². The SMILES string of the molecule is COc1ccc(C2=C(O)C(=O)N(Cc3ccc(OC)cc3OC)C2c2ccc(C(C)C)cc2)cc1. The number of amides is 1. The van der Waals surface area contributed by atoms with Crippen LogP contribution in [0.25, 0.3) is 5.57 Å². The minimum absolute atomic E-state index is 0.249. The van der Waals surface area contributed by atoms with Gasteiger partial charge in [-0.3, -0.25) is 4.79 Å². The summed E-state index contributed by atoms with van der Waals surface area (Å²) in [6, 6.07) is 20.7. The number of benzene rings is 3. The Kier molecular flexibility index (Phi) is 7.01. The molecule has 1 N–H and O–H groups in total. The Morgan fingerprint density at radius 3 is 2.06 bits per heavy atom. The molecule has 1 amide bonds. The van der Waals surface area contributed by atoms with Crippen molar-refractivity contribution in [2.24, 2.45) is 0 Å². The van der Waals surface area contributed by atoms with E-state index in [1.54, 1.807) is 32.3 Å². The molecule has 1 heterocycles. The van der Waals surface area contributed by atoms with Gasteiger partial charge in [0.1, 0.15) is 17.2 Å². The zero-order valence-electron chi connectivity index (χ0n) is 20.7. The maximum absolute atomic E-state index is 13.4. The summed E-state index contributed by atoms with van der Waals surface area (Å²) < 4.78 is 16.2. The standard InChI is InChI=1S/C29H31NO5/c1-18(2)19-6-8-21(9-7-19)27-26(20-10-13-23(33-3)14-11-20)28(31)29(32)30(27)17-22-12-15-24(34-4)16-25(22)35-5/h6-16,18,27,31H,17H2,1-5H3. The molecule has 0 radical (unpaired) electrons. The molecular formula is C29H31NO5. The topological polar surface area (TPSA) is 68.2 Å². The zero-order chi connectivity index (χ0) is 25.1. The number of ether oxygens (including phenoxy) is 3. The summed E-state index contributed by atoms with van der Waals surface area (Å²) in [7, 11) is 4.79. The molecule has 0 aromatic heterocycles. The van der Waals surface area contributed by atoms with Crippen molar-refractivity contribution in [3.63, 3.8) is 0 Å². The van der Waals surface area contributed by atoms with Gasteiger partial charge in [-0.15, -0.1) is 0 Å². The van der Waals surface area contributed by atoms with Gasteiger partial charge in [0.15, 0.2) is 5.76 Å². The minimum atomic E-state index is -0.469. The second-order valence-corrected chi connectivity index (χ2v) is 8.83. The van der Waals surface area contributed by atoms with Gasteiger partial charge >= 0.3 is 0 Å². The predicted octanol–water partition coefficient (Wildman–Crippen LogP) is 5.89. The quantitative estimate of drug-likeness (QED) is 0.442. The van der Waals surface area contributed by atoms with Crippen molar-refractivity contribution in [2.75, 3.05) is 21.3 Å². The zero-order valence-corrected chi connectivity index (χ0v) is 20.7. The average Bonchev–Trinajstić information content (AvgIpc) is 3.13. The van der Waals surface area contributed by atoms with Crippen LogP contribution in [-0.4, -0.2) is 37.2 Å². The minimum Gasteiger partial charge on any atom is -0.503 e. The number of nitrogens with zero attached hydrogens (tertiary/aromatic N) is 1. The van der Waals surface area contributed by atoms with Gasteiger partial charge in [-0.2, -0.15) is 0 Å². The summed E-state index contributed by atoms with van der Waals surface area (Å²) in [5.41, 5.74) is 4.28. The van der Waals surface area contributed by atoms with Gasteiger partial charge < -0.3 is 24.2 Å². The molecule has 4 rings (SSSR count). The van der Waals surface area contributed by atoms with E-state index >= 15 is 0 Å². The molecule has 1 aliphatic rings. The second kappa shape index (κ2) is 10.1. The monoisotopic (exact) mass is 473 g/mol. The lowest BCUT2D eigenvalue weighted by Gasteiger charge is -2.28. The number of aliphatic hydroxyl groups excluding tert-OH is 1. The first kappa shape index (κ1) is 24.2. The van der Waals surface area contributed by atoms with E-state index in [-0.39, 0.29) is 12.3 Å². The highest BCUT2D eigenvalue weighted by Gasteiger charge is 2.41. The van der Waals surface area contributed by atoms with E-state index < -0.39 is 11.9 Å². The van der Waals surface area contributed by atoms with Crippen molar-refractivity contribution >= 4 is 11.5 Å². The first-order valence-electron chi connectivity index (χ1n) is 11.6. The highest BCUT2D eigenvalue weighted by molar-refractivity contribution is 6.05. The molecule has 0 spiro atoms. The molecule has 0 saturated heterocycles. The third-order valence-electron chi connectivity index (χ3n) is 6.46. The Bertz CT molecular complexity index is 1230. The molecule has 1 unspecified atom stereocenters. The summed E-state index contributed by atoms with van der Waals surface area (Å²) in [6.07, 6.45) is 0. The maximum atomic E-state index is 13.4. The van der Waals surface area contributed by atoms with E-state index in [1.165, 1.54) is 5.56 Å². The number of methoxy groups -OCH3 is 3. The number of hydrogen-bond donors (Lipinski definition) is 1. The third-order valence-corrected chi connectivity index (χ3v) is 6.46. The largest absolute Gasteiger partial charge is 0.503 e. The van der Waals surface area contributed by atoms with Crippen LogP contribution in [0.3, 0.4) is 0 Å². The van der Waals surface area contributed by atoms with E-state index in [9.17, 15) is 9.90 Å². The molecule has 6 heteroatoms. The lowest BCUT2D eigenvalue weighted by molar-refractivity contribution is -0.130. The summed E-state index contributed by atoms with van der Waals surface area (Å²) in [4.78, 5) is 15.1. The van der Waals surface area contributed by atoms with Crippen LogP contribution in [0.15, 0.2) is 72.5 Å². The van der Waals surface area contributed by atoms with Crippen LogP contribution < -0.4 is 14.2 Å². The highest BCUT2D eigenvalue weighted by atomic mass is 16.5. The van der Waals surface area contributed by atoms with Gasteiger partial charge in [0.05, 0.1) is 33.9 Å². The van der Waals surface area contributed by atoms with Crippen LogP contribution in [0.4, 0.5) is 0 Å². The van der Waals surface area contributed by atoms with Crippen LogP contribution in [0.1, 0.15) is 48.1 Å². The molecular weight excluding hydrogens is 442 g/mol. The van der Waals surface area contributed by atoms with E-state index in [0.717, 1.165) is 16.7 Å². The van der Waals surface area contributed by atoms with Crippen molar-refractivity contribution in [3.05, 3.63) is 94.7 Å². The van der Waals surface area contributed by atoms with E-state index in [1.807, 2.05) is 48.5 Å². The fraction of sp³-hybridized carbons (Fsp3) is 0.276. The van der Waals surface area contributed by atoms with Crippen LogP contribution in [0.2, 0.25) is 0 Å².